The molecule has 1 heterocycles. The van der Waals surface area contributed by atoms with Gasteiger partial charge in [0.1, 0.15) is 6.04 Å². The van der Waals surface area contributed by atoms with Gasteiger partial charge in [0.15, 0.2) is 0 Å². The van der Waals surface area contributed by atoms with E-state index in [1.54, 1.807) is 11.3 Å². The van der Waals surface area contributed by atoms with Gasteiger partial charge in [-0.15, -0.1) is 0 Å². The summed E-state index contributed by atoms with van der Waals surface area (Å²) in [6, 6.07) is 3.95. The zero-order chi connectivity index (χ0) is 7.40. The summed E-state index contributed by atoms with van der Waals surface area (Å²) in [6.45, 7) is 1.83. The van der Waals surface area contributed by atoms with Gasteiger partial charge in [0.2, 0.25) is 0 Å². The molecule has 0 aliphatic rings. The van der Waals surface area contributed by atoms with E-state index in [2.05, 4.69) is 11.4 Å². The predicted molar refractivity (Wildman–Crippen MR) is 43.0 cm³/mol. The second-order valence-corrected chi connectivity index (χ2v) is 2.79. The van der Waals surface area contributed by atoms with Crippen molar-refractivity contribution < 1.29 is 0 Å². The molecule has 0 aliphatic carbocycles. The highest BCUT2D eigenvalue weighted by atomic mass is 32.1. The molecule has 0 aliphatic heterocycles. The number of rotatable bonds is 2. The molecule has 0 saturated carbocycles. The monoisotopic (exact) mass is 152 g/mol. The Bertz CT molecular complexity index is 222. The van der Waals surface area contributed by atoms with E-state index in [-0.39, 0.29) is 6.04 Å². The summed E-state index contributed by atoms with van der Waals surface area (Å²) < 4.78 is 0. The molecule has 1 aromatic heterocycles. The predicted octanol–water partition coefficient (Wildman–Crippen LogP) is 2.07. The van der Waals surface area contributed by atoms with Gasteiger partial charge in [-0.3, -0.25) is 0 Å². The van der Waals surface area contributed by atoms with E-state index in [0.29, 0.717) is 0 Å². The molecule has 1 unspecified atom stereocenters. The maximum atomic E-state index is 8.42. The Labute approximate surface area is 64.1 Å². The second kappa shape index (κ2) is 3.23. The lowest BCUT2D eigenvalue weighted by Gasteiger charge is -2.02. The third kappa shape index (κ3) is 1.74. The van der Waals surface area contributed by atoms with E-state index in [0.717, 1.165) is 5.69 Å². The van der Waals surface area contributed by atoms with Gasteiger partial charge in [0, 0.05) is 11.1 Å². The van der Waals surface area contributed by atoms with Crippen LogP contribution in [0.4, 0.5) is 5.69 Å². The molecule has 0 bridgehead atoms. The normalized spacial score (nSPS) is 12.0. The van der Waals surface area contributed by atoms with Crippen LogP contribution in [0.5, 0.6) is 0 Å². The molecule has 1 rings (SSSR count). The van der Waals surface area contributed by atoms with Crippen LogP contribution in [0, 0.1) is 11.3 Å². The average molecular weight is 152 g/mol. The molecule has 10 heavy (non-hydrogen) atoms. The van der Waals surface area contributed by atoms with E-state index in [9.17, 15) is 0 Å². The maximum Gasteiger partial charge on any atom is 0.111 e. The number of anilines is 1. The van der Waals surface area contributed by atoms with E-state index in [4.69, 9.17) is 5.26 Å². The molecule has 1 N–H and O–H groups in total. The molecule has 0 fully saturated rings. The van der Waals surface area contributed by atoms with Crippen LogP contribution in [0.2, 0.25) is 0 Å². The number of nitrogens with one attached hydrogen (secondary N) is 1. The number of nitrogens with zero attached hydrogens (tertiary/aromatic N) is 1. The molecule has 0 amide bonds. The Hall–Kier alpha value is -1.01. The maximum absolute atomic E-state index is 8.42. The first-order chi connectivity index (χ1) is 4.83. The Kier molecular flexibility index (Phi) is 2.30. The SMILES string of the molecule is CC(C#N)Nc1ccsc1. The smallest absolute Gasteiger partial charge is 0.111 e. The van der Waals surface area contributed by atoms with E-state index in [1.807, 2.05) is 23.8 Å². The first-order valence-corrected chi connectivity index (χ1v) is 3.95. The first kappa shape index (κ1) is 7.10. The van der Waals surface area contributed by atoms with Crippen LogP contribution < -0.4 is 5.32 Å². The third-order valence-corrected chi connectivity index (χ3v) is 1.78. The first-order valence-electron chi connectivity index (χ1n) is 3.01. The van der Waals surface area contributed by atoms with Gasteiger partial charge in [0.25, 0.3) is 0 Å². The van der Waals surface area contributed by atoms with Crippen molar-refractivity contribution in [1.82, 2.24) is 0 Å². The summed E-state index contributed by atoms with van der Waals surface area (Å²) in [6.07, 6.45) is 0. The number of thiophene rings is 1. The Balaban J connectivity index is 2.50. The quantitative estimate of drug-likeness (QED) is 0.704. The van der Waals surface area contributed by atoms with Gasteiger partial charge >= 0.3 is 0 Å². The van der Waals surface area contributed by atoms with Crippen molar-refractivity contribution >= 4 is 17.0 Å². The van der Waals surface area contributed by atoms with Gasteiger partial charge in [-0.1, -0.05) is 0 Å². The van der Waals surface area contributed by atoms with Crippen molar-refractivity contribution in [3.63, 3.8) is 0 Å². The lowest BCUT2D eigenvalue weighted by Crippen LogP contribution is -2.10. The average Bonchev–Trinajstić information content (AvgIpc) is 2.40. The van der Waals surface area contributed by atoms with Crippen molar-refractivity contribution in [2.45, 2.75) is 13.0 Å². The molecule has 3 heteroatoms. The van der Waals surface area contributed by atoms with Crippen LogP contribution in [-0.4, -0.2) is 6.04 Å². The van der Waals surface area contributed by atoms with Gasteiger partial charge in [-0.05, 0) is 18.4 Å². The minimum absolute atomic E-state index is 0.102. The third-order valence-electron chi connectivity index (χ3n) is 1.10. The lowest BCUT2D eigenvalue weighted by atomic mass is 10.3. The zero-order valence-corrected chi connectivity index (χ0v) is 6.48. The molecule has 0 spiro atoms. The summed E-state index contributed by atoms with van der Waals surface area (Å²) in [7, 11) is 0. The van der Waals surface area contributed by atoms with E-state index < -0.39 is 0 Å². The van der Waals surface area contributed by atoms with Crippen molar-refractivity contribution in [2.24, 2.45) is 0 Å². The highest BCUT2D eigenvalue weighted by Crippen LogP contribution is 2.12. The molecular weight excluding hydrogens is 144 g/mol. The number of hydrogen-bond acceptors (Lipinski definition) is 3. The van der Waals surface area contributed by atoms with Gasteiger partial charge < -0.3 is 5.32 Å². The summed E-state index contributed by atoms with van der Waals surface area (Å²) in [5.41, 5.74) is 1.03. The van der Waals surface area contributed by atoms with Crippen molar-refractivity contribution in [3.8, 4) is 6.07 Å². The van der Waals surface area contributed by atoms with Crippen molar-refractivity contribution in [3.05, 3.63) is 16.8 Å². The largest absolute Gasteiger partial charge is 0.369 e. The molecule has 1 aromatic rings. The van der Waals surface area contributed by atoms with E-state index in [1.165, 1.54) is 0 Å². The van der Waals surface area contributed by atoms with Gasteiger partial charge in [-0.2, -0.15) is 16.6 Å². The lowest BCUT2D eigenvalue weighted by molar-refractivity contribution is 1.01. The fourth-order valence-corrected chi connectivity index (χ4v) is 1.23. The summed E-state index contributed by atoms with van der Waals surface area (Å²) in [4.78, 5) is 0. The van der Waals surface area contributed by atoms with Gasteiger partial charge in [0.05, 0.1) is 6.07 Å². The Morgan fingerprint density at radius 1 is 1.80 bits per heavy atom. The fourth-order valence-electron chi connectivity index (χ4n) is 0.629. The van der Waals surface area contributed by atoms with Crippen molar-refractivity contribution in [1.29, 1.82) is 5.26 Å². The summed E-state index contributed by atoms with van der Waals surface area (Å²) in [5, 5.41) is 15.4. The van der Waals surface area contributed by atoms with Crippen LogP contribution in [0.15, 0.2) is 16.8 Å². The molecule has 1 atom stereocenters. The van der Waals surface area contributed by atoms with Crippen LogP contribution >= 0.6 is 11.3 Å². The molecule has 52 valence electrons. The fraction of sp³-hybridized carbons (Fsp3) is 0.286. The molecule has 0 saturated heterocycles. The van der Waals surface area contributed by atoms with Crippen molar-refractivity contribution in [2.75, 3.05) is 5.32 Å². The Morgan fingerprint density at radius 2 is 2.60 bits per heavy atom. The second-order valence-electron chi connectivity index (χ2n) is 2.01. The molecule has 0 radical (unpaired) electrons. The highest BCUT2D eigenvalue weighted by Gasteiger charge is 1.97. The summed E-state index contributed by atoms with van der Waals surface area (Å²) >= 11 is 1.62. The highest BCUT2D eigenvalue weighted by molar-refractivity contribution is 7.08. The van der Waals surface area contributed by atoms with Crippen LogP contribution in [0.25, 0.3) is 0 Å². The van der Waals surface area contributed by atoms with E-state index >= 15 is 0 Å². The van der Waals surface area contributed by atoms with Crippen LogP contribution in [0.1, 0.15) is 6.92 Å². The minimum Gasteiger partial charge on any atom is -0.369 e. The molecule has 0 aromatic carbocycles. The number of hydrogen-bond donors (Lipinski definition) is 1. The van der Waals surface area contributed by atoms with Gasteiger partial charge in [-0.25, -0.2) is 0 Å². The summed E-state index contributed by atoms with van der Waals surface area (Å²) in [5.74, 6) is 0. The minimum atomic E-state index is -0.102. The van der Waals surface area contributed by atoms with Crippen LogP contribution in [0.3, 0.4) is 0 Å². The molecule has 2 nitrogen and oxygen atoms in total. The topological polar surface area (TPSA) is 35.8 Å². The van der Waals surface area contributed by atoms with Crippen LogP contribution in [-0.2, 0) is 0 Å². The standard InChI is InChI=1S/C7H8N2S/c1-6(4-8)9-7-2-3-10-5-7/h2-3,5-6,9H,1H3. The Morgan fingerprint density at radius 3 is 3.10 bits per heavy atom. The molecular formula is C7H8N2S. The number of nitriles is 1. The zero-order valence-electron chi connectivity index (χ0n) is 5.66.